The molecule has 0 saturated heterocycles. The van der Waals surface area contributed by atoms with Gasteiger partial charge in [-0.2, -0.15) is 0 Å². The molecule has 0 amide bonds. The van der Waals surface area contributed by atoms with Crippen LogP contribution < -0.4 is 5.19 Å². The molecular weight excluding hydrogens is 747 g/mol. The van der Waals surface area contributed by atoms with Gasteiger partial charge in [0.15, 0.2) is 5.78 Å². The maximum Gasteiger partial charge on any atom is 0.161 e. The zero-order chi connectivity index (χ0) is 32.0. The molecule has 5 aromatic rings. The number of aryl methyl sites for hydroxylation is 1. The Hall–Kier alpha value is -3.63. The Morgan fingerprint density at radius 1 is 0.778 bits per heavy atom. The van der Waals surface area contributed by atoms with Gasteiger partial charge in [0.2, 0.25) is 0 Å². The molecule has 4 aromatic carbocycles. The Bertz CT molecular complexity index is 1770. The Morgan fingerprint density at radius 2 is 1.38 bits per heavy atom. The standard InChI is InChI=1S/C31H28NSi.C9H16O2.Ir/c1-22-17-25(23-11-7-5-8-12-23)19-26(18-22)31-21-28(24-13-9-6-10-14-24)29-20-27(33(2,3)4)15-16-30(29)32-31;1-6(2)8(10)5-9(11)7(3)4;/h5-17,19-21H,1-4H3;5-7,10H,1-4H3;/q-1;;/b;8-5-;. The molecule has 0 spiro atoms. The summed E-state index contributed by atoms with van der Waals surface area (Å²) in [5.41, 5.74) is 8.98. The molecule has 1 N–H and O–H groups in total. The summed E-state index contributed by atoms with van der Waals surface area (Å²) >= 11 is 0. The van der Waals surface area contributed by atoms with Crippen LogP contribution in [0.4, 0.5) is 0 Å². The van der Waals surface area contributed by atoms with Crippen molar-refractivity contribution >= 4 is 29.9 Å². The number of fused-ring (bicyclic) bond motifs is 1. The minimum Gasteiger partial charge on any atom is -0.512 e. The molecular formula is C40H44IrNO2Si-. The van der Waals surface area contributed by atoms with Crippen LogP contribution in [0, 0.1) is 24.8 Å². The fourth-order valence-electron chi connectivity index (χ4n) is 4.82. The van der Waals surface area contributed by atoms with Gasteiger partial charge in [-0.25, -0.2) is 0 Å². The fraction of sp³-hybridized carbons (Fsp3) is 0.250. The number of pyridine rings is 1. The minimum absolute atomic E-state index is 0. The molecule has 1 radical (unpaired) electrons. The van der Waals surface area contributed by atoms with Crippen LogP contribution in [0.2, 0.25) is 19.6 Å². The first kappa shape index (κ1) is 35.8. The number of hydrogen-bond acceptors (Lipinski definition) is 3. The summed E-state index contributed by atoms with van der Waals surface area (Å²) < 4.78 is 0. The molecule has 0 unspecified atom stereocenters. The molecule has 3 nitrogen and oxygen atoms in total. The second-order valence-electron chi connectivity index (χ2n) is 13.0. The molecule has 45 heavy (non-hydrogen) atoms. The Morgan fingerprint density at radius 3 is 1.93 bits per heavy atom. The predicted octanol–water partition coefficient (Wildman–Crippen LogP) is 10.2. The van der Waals surface area contributed by atoms with Gasteiger partial charge in [-0.05, 0) is 28.5 Å². The van der Waals surface area contributed by atoms with E-state index >= 15 is 0 Å². The van der Waals surface area contributed by atoms with Gasteiger partial charge in [0.1, 0.15) is 0 Å². The smallest absolute Gasteiger partial charge is 0.161 e. The molecule has 5 heteroatoms. The largest absolute Gasteiger partial charge is 0.512 e. The molecule has 0 fully saturated rings. The van der Waals surface area contributed by atoms with E-state index in [4.69, 9.17) is 4.98 Å². The number of benzene rings is 4. The van der Waals surface area contributed by atoms with Gasteiger partial charge in [-0.1, -0.05) is 138 Å². The van der Waals surface area contributed by atoms with E-state index in [1.807, 2.05) is 27.7 Å². The minimum atomic E-state index is -1.44. The van der Waals surface area contributed by atoms with E-state index in [1.165, 1.54) is 38.9 Å². The summed E-state index contributed by atoms with van der Waals surface area (Å²) in [5.74, 6) is 0.161. The van der Waals surface area contributed by atoms with Crippen molar-refractivity contribution in [3.8, 4) is 33.5 Å². The summed E-state index contributed by atoms with van der Waals surface area (Å²) in [5, 5.41) is 11.9. The number of ketones is 1. The molecule has 0 saturated carbocycles. The summed E-state index contributed by atoms with van der Waals surface area (Å²) in [7, 11) is -1.44. The van der Waals surface area contributed by atoms with Crippen molar-refractivity contribution in [3.63, 3.8) is 0 Å². The van der Waals surface area contributed by atoms with Gasteiger partial charge in [0.05, 0.1) is 19.3 Å². The number of aliphatic hydroxyl groups is 1. The van der Waals surface area contributed by atoms with Crippen molar-refractivity contribution in [1.82, 2.24) is 4.98 Å². The van der Waals surface area contributed by atoms with Crippen LogP contribution in [-0.2, 0) is 24.9 Å². The van der Waals surface area contributed by atoms with E-state index in [-0.39, 0.29) is 43.5 Å². The number of nitrogens with zero attached hydrogens (tertiary/aromatic N) is 1. The number of hydrogen-bond donors (Lipinski definition) is 1. The second kappa shape index (κ2) is 15.6. The van der Waals surface area contributed by atoms with Crippen molar-refractivity contribution in [3.05, 3.63) is 121 Å². The Labute approximate surface area is 283 Å². The van der Waals surface area contributed by atoms with Gasteiger partial charge in [0.25, 0.3) is 0 Å². The average Bonchev–Trinajstić information content (AvgIpc) is 3.00. The monoisotopic (exact) mass is 791 g/mol. The van der Waals surface area contributed by atoms with Gasteiger partial charge in [-0.3, -0.25) is 9.78 Å². The number of allylic oxidation sites excluding steroid dienone is 2. The Balaban J connectivity index is 0.000000397. The van der Waals surface area contributed by atoms with E-state index < -0.39 is 8.07 Å². The Kier molecular flexibility index (Phi) is 12.4. The first-order chi connectivity index (χ1) is 20.8. The van der Waals surface area contributed by atoms with E-state index in [0.717, 1.165) is 22.3 Å². The molecule has 0 aliphatic carbocycles. The van der Waals surface area contributed by atoms with Crippen LogP contribution in [0.5, 0.6) is 0 Å². The maximum atomic E-state index is 11.0. The molecule has 1 heterocycles. The van der Waals surface area contributed by atoms with Crippen LogP contribution in [0.25, 0.3) is 44.4 Å². The fourth-order valence-corrected chi connectivity index (χ4v) is 5.98. The van der Waals surface area contributed by atoms with E-state index in [2.05, 4.69) is 130 Å². The van der Waals surface area contributed by atoms with Crippen LogP contribution in [0.3, 0.4) is 0 Å². The zero-order valence-corrected chi connectivity index (χ0v) is 31.0. The number of rotatable bonds is 7. The SMILES string of the molecule is CC(C)C(=O)/C=C(\O)C(C)C.Cc1[c-]c(-c2cc(-c3ccccc3)c3cc([Si](C)(C)C)ccc3n2)cc(-c2ccccc2)c1.[Ir]. The number of aliphatic hydroxyl groups excluding tert-OH is 1. The van der Waals surface area contributed by atoms with Crippen molar-refractivity contribution in [2.45, 2.75) is 54.3 Å². The second-order valence-corrected chi connectivity index (χ2v) is 18.1. The quantitative estimate of drug-likeness (QED) is 0.0773. The maximum absolute atomic E-state index is 11.0. The van der Waals surface area contributed by atoms with E-state index in [1.54, 1.807) is 0 Å². The van der Waals surface area contributed by atoms with Crippen molar-refractivity contribution in [2.24, 2.45) is 11.8 Å². The predicted molar refractivity (Wildman–Crippen MR) is 190 cm³/mol. The normalized spacial score (nSPS) is 11.6. The molecule has 235 valence electrons. The zero-order valence-electron chi connectivity index (χ0n) is 27.6. The van der Waals surface area contributed by atoms with E-state index in [9.17, 15) is 9.90 Å². The van der Waals surface area contributed by atoms with Gasteiger partial charge in [0, 0.05) is 43.4 Å². The van der Waals surface area contributed by atoms with Crippen LogP contribution >= 0.6 is 0 Å². The van der Waals surface area contributed by atoms with Crippen LogP contribution in [0.15, 0.2) is 109 Å². The van der Waals surface area contributed by atoms with Gasteiger partial charge in [-0.15, -0.1) is 34.9 Å². The average molecular weight is 791 g/mol. The van der Waals surface area contributed by atoms with Gasteiger partial charge >= 0.3 is 0 Å². The first-order valence-corrected chi connectivity index (χ1v) is 18.9. The molecule has 5 rings (SSSR count). The van der Waals surface area contributed by atoms with Crippen molar-refractivity contribution in [1.29, 1.82) is 0 Å². The van der Waals surface area contributed by atoms with Gasteiger partial charge < -0.3 is 5.11 Å². The molecule has 0 aliphatic rings. The molecule has 0 bridgehead atoms. The number of carbonyl (C=O) groups excluding carboxylic acids is 1. The summed E-state index contributed by atoms with van der Waals surface area (Å²) in [6, 6.07) is 38.2. The summed E-state index contributed by atoms with van der Waals surface area (Å²) in [6.45, 7) is 16.6. The van der Waals surface area contributed by atoms with Crippen molar-refractivity contribution < 1.29 is 30.0 Å². The van der Waals surface area contributed by atoms with E-state index in [0.29, 0.717) is 0 Å². The molecule has 1 aromatic heterocycles. The topological polar surface area (TPSA) is 50.2 Å². The van der Waals surface area contributed by atoms with Crippen LogP contribution in [0.1, 0.15) is 33.3 Å². The first-order valence-electron chi connectivity index (χ1n) is 15.4. The molecule has 0 atom stereocenters. The number of carbonyl (C=O) groups is 1. The summed E-state index contributed by atoms with van der Waals surface area (Å²) in [6.07, 6.45) is 1.31. The third-order valence-corrected chi connectivity index (χ3v) is 9.64. The summed E-state index contributed by atoms with van der Waals surface area (Å²) in [4.78, 5) is 16.1. The van der Waals surface area contributed by atoms with Crippen molar-refractivity contribution in [2.75, 3.05) is 0 Å². The molecule has 0 aliphatic heterocycles. The number of aromatic nitrogens is 1. The third-order valence-electron chi connectivity index (χ3n) is 7.60. The third kappa shape index (κ3) is 9.43. The van der Waals surface area contributed by atoms with Crippen LogP contribution in [-0.4, -0.2) is 23.9 Å².